The monoisotopic (exact) mass is 470 g/mol. The molecular formula is C25H34N4O5. The van der Waals surface area contributed by atoms with Gasteiger partial charge in [-0.2, -0.15) is 0 Å². The van der Waals surface area contributed by atoms with Crippen molar-refractivity contribution in [2.75, 3.05) is 47.1 Å². The third kappa shape index (κ3) is 3.53. The van der Waals surface area contributed by atoms with Crippen LogP contribution >= 0.6 is 0 Å². The van der Waals surface area contributed by atoms with Gasteiger partial charge in [0.2, 0.25) is 5.91 Å². The van der Waals surface area contributed by atoms with Crippen LogP contribution in [0.1, 0.15) is 43.0 Å². The molecule has 2 aromatic rings. The Hall–Kier alpha value is -2.78. The summed E-state index contributed by atoms with van der Waals surface area (Å²) in [6, 6.07) is 5.56. The van der Waals surface area contributed by atoms with Gasteiger partial charge in [-0.1, -0.05) is 12.8 Å². The predicted molar refractivity (Wildman–Crippen MR) is 127 cm³/mol. The van der Waals surface area contributed by atoms with E-state index in [2.05, 4.69) is 16.0 Å². The van der Waals surface area contributed by atoms with Crippen molar-refractivity contribution >= 4 is 22.8 Å². The van der Waals surface area contributed by atoms with Crippen LogP contribution in [0.25, 0.3) is 10.9 Å². The largest absolute Gasteiger partial charge is 0.497 e. The third-order valence-electron chi connectivity index (χ3n) is 7.87. The SMILES string of the molecule is COCC(=O)N1CC2(C1)CN(C(=O)NC1CCCC1)[C@H](CO)c1c2c2ccc(OC)cc2n1C. The Kier molecular flexibility index (Phi) is 5.93. The van der Waals surface area contributed by atoms with E-state index in [9.17, 15) is 14.7 Å². The predicted octanol–water partition coefficient (Wildman–Crippen LogP) is 1.91. The summed E-state index contributed by atoms with van der Waals surface area (Å²) in [5.41, 5.74) is 2.64. The van der Waals surface area contributed by atoms with E-state index in [1.807, 2.05) is 19.2 Å². The van der Waals surface area contributed by atoms with Gasteiger partial charge in [-0.25, -0.2) is 4.79 Å². The number of aryl methyl sites for hydroxylation is 1. The number of fused-ring (bicyclic) bond motifs is 4. The van der Waals surface area contributed by atoms with Crippen molar-refractivity contribution in [1.29, 1.82) is 0 Å². The lowest BCUT2D eigenvalue weighted by molar-refractivity contribution is -0.144. The van der Waals surface area contributed by atoms with Crippen LogP contribution in [-0.2, 0) is 22.0 Å². The summed E-state index contributed by atoms with van der Waals surface area (Å²) in [7, 11) is 5.13. The highest BCUT2D eigenvalue weighted by molar-refractivity contribution is 5.90. The first-order chi connectivity index (χ1) is 16.4. The van der Waals surface area contributed by atoms with Crippen LogP contribution in [0.5, 0.6) is 5.75 Å². The summed E-state index contributed by atoms with van der Waals surface area (Å²) in [4.78, 5) is 29.6. The number of hydrogen-bond acceptors (Lipinski definition) is 5. The van der Waals surface area contributed by atoms with Crippen LogP contribution in [0.2, 0.25) is 0 Å². The Morgan fingerprint density at radius 1 is 1.18 bits per heavy atom. The summed E-state index contributed by atoms with van der Waals surface area (Å²) < 4.78 is 12.6. The molecule has 184 valence electrons. The van der Waals surface area contributed by atoms with E-state index < -0.39 is 11.5 Å². The van der Waals surface area contributed by atoms with Crippen molar-refractivity contribution in [3.63, 3.8) is 0 Å². The van der Waals surface area contributed by atoms with Crippen molar-refractivity contribution in [2.24, 2.45) is 7.05 Å². The molecule has 3 aliphatic rings. The Morgan fingerprint density at radius 2 is 1.91 bits per heavy atom. The number of aliphatic hydroxyl groups is 1. The highest BCUT2D eigenvalue weighted by Crippen LogP contribution is 2.49. The van der Waals surface area contributed by atoms with Gasteiger partial charge in [-0.15, -0.1) is 0 Å². The van der Waals surface area contributed by atoms with Crippen molar-refractivity contribution in [2.45, 2.75) is 43.2 Å². The zero-order valence-electron chi connectivity index (χ0n) is 20.2. The van der Waals surface area contributed by atoms with Gasteiger partial charge in [0.1, 0.15) is 12.4 Å². The number of benzene rings is 1. The molecule has 2 aliphatic heterocycles. The molecule has 1 aliphatic carbocycles. The van der Waals surface area contributed by atoms with E-state index >= 15 is 0 Å². The number of hydrogen-bond donors (Lipinski definition) is 2. The molecule has 9 heteroatoms. The molecule has 34 heavy (non-hydrogen) atoms. The van der Waals surface area contributed by atoms with E-state index in [0.717, 1.165) is 53.6 Å². The van der Waals surface area contributed by atoms with E-state index in [4.69, 9.17) is 9.47 Å². The van der Waals surface area contributed by atoms with Gasteiger partial charge in [0.05, 0.1) is 30.7 Å². The van der Waals surface area contributed by atoms with Gasteiger partial charge in [-0.05, 0) is 30.5 Å². The van der Waals surface area contributed by atoms with Gasteiger partial charge in [-0.3, -0.25) is 4.79 Å². The molecule has 0 radical (unpaired) electrons. The number of carbonyl (C=O) groups is 2. The number of rotatable bonds is 5. The molecule has 2 fully saturated rings. The number of urea groups is 1. The van der Waals surface area contributed by atoms with Crippen molar-refractivity contribution in [3.05, 3.63) is 29.5 Å². The molecule has 1 aromatic carbocycles. The molecule has 1 aromatic heterocycles. The summed E-state index contributed by atoms with van der Waals surface area (Å²) in [5, 5.41) is 14.8. The van der Waals surface area contributed by atoms with Gasteiger partial charge in [0.15, 0.2) is 0 Å². The first-order valence-corrected chi connectivity index (χ1v) is 12.0. The molecule has 3 amide bonds. The Bertz CT molecular complexity index is 1100. The maximum absolute atomic E-state index is 13.5. The lowest BCUT2D eigenvalue weighted by Gasteiger charge is -2.56. The van der Waals surface area contributed by atoms with E-state index in [1.165, 1.54) is 7.11 Å². The minimum absolute atomic E-state index is 0.0425. The highest BCUT2D eigenvalue weighted by Gasteiger charge is 2.55. The third-order valence-corrected chi connectivity index (χ3v) is 7.87. The highest BCUT2D eigenvalue weighted by atomic mass is 16.5. The molecule has 1 spiro atoms. The molecule has 2 N–H and O–H groups in total. The normalized spacial score (nSPS) is 21.6. The molecule has 1 saturated heterocycles. The number of nitrogens with zero attached hydrogens (tertiary/aromatic N) is 3. The van der Waals surface area contributed by atoms with Crippen LogP contribution in [0.4, 0.5) is 4.79 Å². The van der Waals surface area contributed by atoms with Crippen molar-refractivity contribution in [1.82, 2.24) is 19.7 Å². The van der Waals surface area contributed by atoms with E-state index in [1.54, 1.807) is 16.9 Å². The number of aromatic nitrogens is 1. The van der Waals surface area contributed by atoms with Crippen molar-refractivity contribution < 1.29 is 24.2 Å². The van der Waals surface area contributed by atoms with Crippen LogP contribution in [0.3, 0.4) is 0 Å². The maximum Gasteiger partial charge on any atom is 0.318 e. The quantitative estimate of drug-likeness (QED) is 0.696. The maximum atomic E-state index is 13.5. The smallest absolute Gasteiger partial charge is 0.318 e. The first kappa shape index (κ1) is 23.0. The molecular weight excluding hydrogens is 436 g/mol. The second-order valence-corrected chi connectivity index (χ2v) is 9.92. The number of amides is 3. The molecule has 1 atom stereocenters. The first-order valence-electron chi connectivity index (χ1n) is 12.0. The minimum Gasteiger partial charge on any atom is -0.497 e. The zero-order chi connectivity index (χ0) is 24.0. The van der Waals surface area contributed by atoms with Crippen LogP contribution in [0, 0.1) is 0 Å². The summed E-state index contributed by atoms with van der Waals surface area (Å²) in [6.07, 6.45) is 4.24. The molecule has 0 bridgehead atoms. The fourth-order valence-electron chi connectivity index (χ4n) is 6.23. The Labute approximate surface area is 199 Å². The second-order valence-electron chi connectivity index (χ2n) is 9.92. The summed E-state index contributed by atoms with van der Waals surface area (Å²) >= 11 is 0. The number of likely N-dealkylation sites (tertiary alicyclic amines) is 1. The lowest BCUT2D eigenvalue weighted by Crippen LogP contribution is -2.69. The van der Waals surface area contributed by atoms with E-state index in [0.29, 0.717) is 19.6 Å². The lowest BCUT2D eigenvalue weighted by atomic mass is 9.68. The topological polar surface area (TPSA) is 96.3 Å². The van der Waals surface area contributed by atoms with Gasteiger partial charge >= 0.3 is 6.03 Å². The summed E-state index contributed by atoms with van der Waals surface area (Å²) in [6.45, 7) is 1.35. The number of ether oxygens (including phenoxy) is 2. The van der Waals surface area contributed by atoms with Crippen LogP contribution < -0.4 is 10.1 Å². The Balaban J connectivity index is 1.58. The average Bonchev–Trinajstić information content (AvgIpc) is 3.43. The minimum atomic E-state index is -0.464. The van der Waals surface area contributed by atoms with Crippen molar-refractivity contribution in [3.8, 4) is 5.75 Å². The average molecular weight is 471 g/mol. The zero-order valence-corrected chi connectivity index (χ0v) is 20.2. The molecule has 0 unspecified atom stereocenters. The number of carbonyl (C=O) groups excluding carboxylic acids is 2. The molecule has 1 saturated carbocycles. The standard InChI is InChI=1S/C25H34N4O5/c1-27-19-10-17(34-3)8-9-18(19)22-23(27)20(11-30)29(24(32)26-16-6-4-5-7-16)15-25(22)13-28(14-25)21(31)12-33-2/h8-10,16,20,30H,4-7,11-15H2,1-3H3,(H,26,32)/t20-/m1/s1. The van der Waals surface area contributed by atoms with Gasteiger partial charge in [0.25, 0.3) is 0 Å². The summed E-state index contributed by atoms with van der Waals surface area (Å²) in [5.74, 6) is 0.698. The number of methoxy groups -OCH3 is 2. The number of nitrogens with one attached hydrogen (secondary N) is 1. The van der Waals surface area contributed by atoms with Gasteiger partial charge < -0.3 is 34.3 Å². The van der Waals surface area contributed by atoms with E-state index in [-0.39, 0.29) is 31.2 Å². The van der Waals surface area contributed by atoms with Crippen LogP contribution in [0.15, 0.2) is 18.2 Å². The molecule has 5 rings (SSSR count). The fourth-order valence-corrected chi connectivity index (χ4v) is 6.23. The second kappa shape index (κ2) is 8.78. The molecule has 9 nitrogen and oxygen atoms in total. The van der Waals surface area contributed by atoms with Crippen LogP contribution in [-0.4, -0.2) is 84.5 Å². The van der Waals surface area contributed by atoms with Gasteiger partial charge in [0, 0.05) is 57.0 Å². The fraction of sp³-hybridized carbons (Fsp3) is 0.600. The Morgan fingerprint density at radius 3 is 2.56 bits per heavy atom. The molecule has 3 heterocycles. The number of aliphatic hydroxyl groups excluding tert-OH is 1.